The second-order valence-corrected chi connectivity index (χ2v) is 10.1. The lowest BCUT2D eigenvalue weighted by atomic mass is 9.62. The number of rotatable bonds is 6. The third kappa shape index (κ3) is 3.95. The van der Waals surface area contributed by atoms with Crippen LogP contribution in [0.5, 0.6) is 0 Å². The molecule has 0 spiro atoms. The first-order valence-corrected chi connectivity index (χ1v) is 12.3. The number of nitrogens with one attached hydrogen (secondary N) is 1. The first kappa shape index (κ1) is 23.6. The summed E-state index contributed by atoms with van der Waals surface area (Å²) in [7, 11) is 0. The van der Waals surface area contributed by atoms with Crippen molar-refractivity contribution in [3.63, 3.8) is 0 Å². The van der Waals surface area contributed by atoms with Crippen molar-refractivity contribution in [2.24, 2.45) is 29.1 Å². The van der Waals surface area contributed by atoms with Crippen LogP contribution in [0.1, 0.15) is 55.4 Å². The molecule has 1 aromatic heterocycles. The number of allylic oxidation sites excluding steroid dienone is 6. The minimum Gasteiger partial charge on any atom is -0.352 e. The summed E-state index contributed by atoms with van der Waals surface area (Å²) in [5, 5.41) is 7.31. The first-order valence-electron chi connectivity index (χ1n) is 12.3. The summed E-state index contributed by atoms with van der Waals surface area (Å²) in [6.07, 6.45) is 7.78. The predicted molar refractivity (Wildman–Crippen MR) is 130 cm³/mol. The van der Waals surface area contributed by atoms with Gasteiger partial charge in [0.2, 0.25) is 0 Å². The highest BCUT2D eigenvalue weighted by atomic mass is 19.4. The normalized spacial score (nSPS) is 29.1. The molecule has 5 atom stereocenters. The number of fused-ring (bicyclic) bond motifs is 1. The van der Waals surface area contributed by atoms with Gasteiger partial charge in [0.1, 0.15) is 5.69 Å². The molecule has 5 unspecified atom stereocenters. The van der Waals surface area contributed by atoms with Gasteiger partial charge in [-0.2, -0.15) is 18.3 Å². The number of halogens is 3. The van der Waals surface area contributed by atoms with Gasteiger partial charge in [0.25, 0.3) is 5.91 Å². The van der Waals surface area contributed by atoms with Crippen molar-refractivity contribution in [2.75, 3.05) is 6.54 Å². The lowest BCUT2D eigenvalue weighted by Crippen LogP contribution is -2.38. The van der Waals surface area contributed by atoms with E-state index in [1.54, 1.807) is 18.2 Å². The monoisotopic (exact) mass is 481 g/mol. The van der Waals surface area contributed by atoms with Crippen LogP contribution in [0.4, 0.5) is 13.2 Å². The zero-order chi connectivity index (χ0) is 25.0. The standard InChI is InChI=1S/C28H30F3N3O/c1-4-27-13-12-23(27)20(14-18(27)3)16-32-26(35)19-8-10-21(11-9-19)34-25(28(29,30)31)15-24(33-34)22-7-5-6-17(22)2/h5-13,15,17-18,20,23H,4,14,16H2,1-3H3,(H,32,35). The maximum Gasteiger partial charge on any atom is 0.433 e. The fourth-order valence-corrected chi connectivity index (χ4v) is 6.18. The Bertz CT molecular complexity index is 1220. The Labute approximate surface area is 203 Å². The molecular formula is C28H30F3N3O. The Morgan fingerprint density at radius 3 is 2.49 bits per heavy atom. The Balaban J connectivity index is 1.31. The highest BCUT2D eigenvalue weighted by molar-refractivity contribution is 5.94. The van der Waals surface area contributed by atoms with Crippen LogP contribution in [0.2, 0.25) is 0 Å². The molecule has 0 radical (unpaired) electrons. The topological polar surface area (TPSA) is 46.9 Å². The number of hydrogen-bond acceptors (Lipinski definition) is 2. The van der Waals surface area contributed by atoms with Gasteiger partial charge in [-0.3, -0.25) is 4.79 Å². The van der Waals surface area contributed by atoms with Crippen molar-refractivity contribution in [1.29, 1.82) is 0 Å². The van der Waals surface area contributed by atoms with E-state index in [0.29, 0.717) is 35.6 Å². The molecule has 4 nitrogen and oxygen atoms in total. The number of benzene rings is 1. The predicted octanol–water partition coefficient (Wildman–Crippen LogP) is 6.45. The van der Waals surface area contributed by atoms with Crippen molar-refractivity contribution in [3.8, 4) is 5.69 Å². The van der Waals surface area contributed by atoms with E-state index in [4.69, 9.17) is 0 Å². The number of carbonyl (C=O) groups is 1. The molecule has 3 aliphatic rings. The molecule has 1 N–H and O–H groups in total. The lowest BCUT2D eigenvalue weighted by Gasteiger charge is -2.42. The Morgan fingerprint density at radius 2 is 1.94 bits per heavy atom. The molecule has 0 aliphatic heterocycles. The zero-order valence-electron chi connectivity index (χ0n) is 20.1. The summed E-state index contributed by atoms with van der Waals surface area (Å²) >= 11 is 0. The van der Waals surface area contributed by atoms with E-state index >= 15 is 0 Å². The van der Waals surface area contributed by atoms with Gasteiger partial charge in [0.05, 0.1) is 11.4 Å². The smallest absolute Gasteiger partial charge is 0.352 e. The maximum atomic E-state index is 13.8. The van der Waals surface area contributed by atoms with Gasteiger partial charge < -0.3 is 5.32 Å². The van der Waals surface area contributed by atoms with Crippen LogP contribution >= 0.6 is 0 Å². The van der Waals surface area contributed by atoms with Crippen LogP contribution in [-0.4, -0.2) is 22.2 Å². The Kier molecular flexibility index (Phi) is 5.77. The van der Waals surface area contributed by atoms with Crippen molar-refractivity contribution in [3.05, 3.63) is 77.7 Å². The summed E-state index contributed by atoms with van der Waals surface area (Å²) in [4.78, 5) is 12.8. The van der Waals surface area contributed by atoms with Gasteiger partial charge in [-0.25, -0.2) is 4.68 Å². The molecule has 1 fully saturated rings. The molecule has 184 valence electrons. The summed E-state index contributed by atoms with van der Waals surface area (Å²) in [5.74, 6) is 1.31. The average Bonchev–Trinajstić information content (AvgIpc) is 3.47. The van der Waals surface area contributed by atoms with E-state index in [1.807, 2.05) is 19.1 Å². The van der Waals surface area contributed by atoms with Gasteiger partial charge in [0, 0.05) is 18.0 Å². The van der Waals surface area contributed by atoms with Gasteiger partial charge in [0.15, 0.2) is 0 Å². The summed E-state index contributed by atoms with van der Waals surface area (Å²) in [6, 6.07) is 7.23. The van der Waals surface area contributed by atoms with E-state index in [9.17, 15) is 18.0 Å². The number of aromatic nitrogens is 2. The third-order valence-electron chi connectivity index (χ3n) is 8.29. The summed E-state index contributed by atoms with van der Waals surface area (Å²) in [6.45, 7) is 7.04. The fourth-order valence-electron chi connectivity index (χ4n) is 6.18. The minimum absolute atomic E-state index is 0.00581. The van der Waals surface area contributed by atoms with E-state index in [2.05, 4.69) is 36.4 Å². The number of nitrogens with zero attached hydrogens (tertiary/aromatic N) is 2. The van der Waals surface area contributed by atoms with Crippen molar-refractivity contribution in [1.82, 2.24) is 15.1 Å². The molecule has 1 heterocycles. The van der Waals surface area contributed by atoms with Crippen molar-refractivity contribution >= 4 is 11.5 Å². The summed E-state index contributed by atoms with van der Waals surface area (Å²) in [5.41, 5.74) is 1.17. The molecule has 1 aromatic carbocycles. The van der Waals surface area contributed by atoms with Crippen LogP contribution < -0.4 is 5.32 Å². The second-order valence-electron chi connectivity index (χ2n) is 10.1. The highest BCUT2D eigenvalue weighted by Crippen LogP contribution is 2.59. The fraction of sp³-hybridized carbons (Fsp3) is 0.429. The van der Waals surface area contributed by atoms with Crippen LogP contribution in [0.25, 0.3) is 11.3 Å². The number of carbonyl (C=O) groups excluding carboxylic acids is 1. The van der Waals surface area contributed by atoms with Gasteiger partial charge in [-0.1, -0.05) is 51.2 Å². The van der Waals surface area contributed by atoms with Gasteiger partial charge in [-0.15, -0.1) is 0 Å². The van der Waals surface area contributed by atoms with Crippen LogP contribution in [0, 0.1) is 29.1 Å². The average molecular weight is 482 g/mol. The summed E-state index contributed by atoms with van der Waals surface area (Å²) < 4.78 is 42.2. The van der Waals surface area contributed by atoms with E-state index in [0.717, 1.165) is 29.2 Å². The quantitative estimate of drug-likeness (QED) is 0.482. The zero-order valence-corrected chi connectivity index (χ0v) is 20.1. The molecule has 35 heavy (non-hydrogen) atoms. The molecule has 5 rings (SSSR count). The molecule has 7 heteroatoms. The van der Waals surface area contributed by atoms with Crippen LogP contribution in [0.3, 0.4) is 0 Å². The largest absolute Gasteiger partial charge is 0.433 e. The first-order chi connectivity index (χ1) is 16.6. The van der Waals surface area contributed by atoms with E-state index < -0.39 is 11.9 Å². The van der Waals surface area contributed by atoms with Crippen LogP contribution in [0.15, 0.2) is 60.7 Å². The SMILES string of the molecule is CCC12C=CC1C(CNC(=O)c1ccc(-n3nc(C4=CC=CC4C)cc3C(F)(F)F)cc1)CC2C. The highest BCUT2D eigenvalue weighted by Gasteiger charge is 2.53. The Morgan fingerprint density at radius 1 is 1.20 bits per heavy atom. The molecule has 1 saturated carbocycles. The molecule has 3 aliphatic carbocycles. The Hall–Kier alpha value is -3.09. The van der Waals surface area contributed by atoms with E-state index in [1.165, 1.54) is 12.1 Å². The number of alkyl halides is 3. The second kappa shape index (κ2) is 8.54. The molecular weight excluding hydrogens is 451 g/mol. The third-order valence-corrected chi connectivity index (χ3v) is 8.29. The number of amides is 1. The number of hydrogen-bond donors (Lipinski definition) is 1. The van der Waals surface area contributed by atoms with E-state index in [-0.39, 0.29) is 22.9 Å². The molecule has 0 saturated heterocycles. The van der Waals surface area contributed by atoms with Gasteiger partial charge >= 0.3 is 6.18 Å². The molecule has 0 bridgehead atoms. The maximum absolute atomic E-state index is 13.8. The minimum atomic E-state index is -4.56. The lowest BCUT2D eigenvalue weighted by molar-refractivity contribution is -0.142. The van der Waals surface area contributed by atoms with Gasteiger partial charge in [-0.05, 0) is 71.9 Å². The van der Waals surface area contributed by atoms with Crippen molar-refractivity contribution in [2.45, 2.75) is 39.8 Å². The molecule has 2 aromatic rings. The van der Waals surface area contributed by atoms with Crippen LogP contribution in [-0.2, 0) is 6.18 Å². The molecule has 1 amide bonds. The van der Waals surface area contributed by atoms with Crippen molar-refractivity contribution < 1.29 is 18.0 Å².